The average molecular weight is 318 g/mol. The predicted molar refractivity (Wildman–Crippen MR) is 71.6 cm³/mol. The van der Waals surface area contributed by atoms with Crippen LogP contribution in [0.25, 0.3) is 0 Å². The van der Waals surface area contributed by atoms with Gasteiger partial charge in [-0.3, -0.25) is 9.59 Å². The van der Waals surface area contributed by atoms with Crippen molar-refractivity contribution in [1.29, 1.82) is 0 Å². The van der Waals surface area contributed by atoms with Crippen molar-refractivity contribution >= 4 is 11.9 Å². The summed E-state index contributed by atoms with van der Waals surface area (Å²) in [6.45, 7) is 2.08. The molecule has 1 atom stereocenters. The summed E-state index contributed by atoms with van der Waals surface area (Å²) in [4.78, 5) is 22.6. The molecule has 4 nitrogen and oxygen atoms in total. The monoisotopic (exact) mass is 318 g/mol. The Morgan fingerprint density at radius 3 is 2.41 bits per heavy atom. The maximum atomic E-state index is 13.5. The molecule has 0 unspecified atom stereocenters. The summed E-state index contributed by atoms with van der Waals surface area (Å²) in [6, 6.07) is 0.951. The molecule has 1 aromatic rings. The van der Waals surface area contributed by atoms with Crippen LogP contribution in [0.3, 0.4) is 0 Å². The molecule has 22 heavy (non-hydrogen) atoms. The van der Waals surface area contributed by atoms with Crippen LogP contribution in [0.5, 0.6) is 0 Å². The van der Waals surface area contributed by atoms with E-state index in [1.807, 2.05) is 6.92 Å². The lowest BCUT2D eigenvalue weighted by Crippen LogP contribution is -2.22. The normalized spacial score (nSPS) is 12.0. The highest BCUT2D eigenvalue weighted by Gasteiger charge is 2.24. The number of benzene rings is 1. The van der Waals surface area contributed by atoms with Gasteiger partial charge in [0.1, 0.15) is 5.82 Å². The number of aliphatic carboxylic acids is 1. The minimum absolute atomic E-state index is 0.182. The quantitative estimate of drug-likeness (QED) is 0.454. The van der Waals surface area contributed by atoms with Crippen molar-refractivity contribution in [3.63, 3.8) is 0 Å². The van der Waals surface area contributed by atoms with Gasteiger partial charge in [-0.2, -0.15) is 0 Å². The highest BCUT2D eigenvalue weighted by atomic mass is 19.2. The first-order chi connectivity index (χ1) is 10.3. The molecule has 122 valence electrons. The Balaban J connectivity index is 2.74. The Labute approximate surface area is 125 Å². The van der Waals surface area contributed by atoms with Gasteiger partial charge in [0.2, 0.25) is 0 Å². The lowest BCUT2D eigenvalue weighted by molar-refractivity contribution is -0.151. The fourth-order valence-electron chi connectivity index (χ4n) is 1.82. The topological polar surface area (TPSA) is 63.6 Å². The molecule has 7 heteroatoms. The second-order valence-electron chi connectivity index (χ2n) is 4.88. The van der Waals surface area contributed by atoms with Crippen LogP contribution in [0.2, 0.25) is 0 Å². The van der Waals surface area contributed by atoms with Crippen molar-refractivity contribution < 1.29 is 32.6 Å². The minimum Gasteiger partial charge on any atom is -0.481 e. The van der Waals surface area contributed by atoms with Crippen LogP contribution in [0, 0.1) is 23.4 Å². The van der Waals surface area contributed by atoms with Gasteiger partial charge >= 0.3 is 11.9 Å². The average Bonchev–Trinajstić information content (AvgIpc) is 2.44. The molecular formula is C15H17F3O4. The Bertz CT molecular complexity index is 546. The van der Waals surface area contributed by atoms with E-state index in [1.165, 1.54) is 0 Å². The molecular weight excluding hydrogens is 301 g/mol. The molecule has 0 amide bonds. The SMILES string of the molecule is CCCCOC(=O)C[C@@H](Cc1cc(F)c(F)cc1F)C(=O)O. The van der Waals surface area contributed by atoms with E-state index in [0.29, 0.717) is 18.6 Å². The molecule has 0 fully saturated rings. The second-order valence-corrected chi connectivity index (χ2v) is 4.88. The number of halogens is 3. The van der Waals surface area contributed by atoms with Crippen molar-refractivity contribution in [2.75, 3.05) is 6.61 Å². The molecule has 0 saturated carbocycles. The van der Waals surface area contributed by atoms with Crippen molar-refractivity contribution in [2.24, 2.45) is 5.92 Å². The van der Waals surface area contributed by atoms with Gasteiger partial charge in [-0.05, 0) is 24.5 Å². The zero-order valence-electron chi connectivity index (χ0n) is 12.1. The Hall–Kier alpha value is -2.05. The van der Waals surface area contributed by atoms with Gasteiger partial charge in [0, 0.05) is 6.07 Å². The third-order valence-corrected chi connectivity index (χ3v) is 3.08. The Morgan fingerprint density at radius 1 is 1.18 bits per heavy atom. The van der Waals surface area contributed by atoms with Crippen molar-refractivity contribution in [3.8, 4) is 0 Å². The van der Waals surface area contributed by atoms with Gasteiger partial charge in [0.05, 0.1) is 18.9 Å². The fraction of sp³-hybridized carbons (Fsp3) is 0.467. The Morgan fingerprint density at radius 2 is 1.82 bits per heavy atom. The van der Waals surface area contributed by atoms with E-state index in [9.17, 15) is 22.8 Å². The molecule has 0 aliphatic carbocycles. The first kappa shape index (κ1) is 18.0. The maximum absolute atomic E-state index is 13.5. The number of carboxylic acid groups (broad SMARTS) is 1. The zero-order chi connectivity index (χ0) is 16.7. The summed E-state index contributed by atoms with van der Waals surface area (Å²) >= 11 is 0. The molecule has 0 saturated heterocycles. The number of hydrogen-bond donors (Lipinski definition) is 1. The fourth-order valence-corrected chi connectivity index (χ4v) is 1.82. The smallest absolute Gasteiger partial charge is 0.307 e. The second kappa shape index (κ2) is 8.41. The summed E-state index contributed by atoms with van der Waals surface area (Å²) in [7, 11) is 0. The molecule has 0 radical (unpaired) electrons. The van der Waals surface area contributed by atoms with Crippen LogP contribution in [0.4, 0.5) is 13.2 Å². The van der Waals surface area contributed by atoms with Crippen LogP contribution in [-0.4, -0.2) is 23.7 Å². The number of carboxylic acids is 1. The summed E-state index contributed by atoms with van der Waals surface area (Å²) in [6.07, 6.45) is 0.579. The molecule has 0 aliphatic rings. The first-order valence-electron chi connectivity index (χ1n) is 6.87. The van der Waals surface area contributed by atoms with E-state index in [4.69, 9.17) is 9.84 Å². The van der Waals surface area contributed by atoms with Gasteiger partial charge < -0.3 is 9.84 Å². The maximum Gasteiger partial charge on any atom is 0.307 e. The molecule has 1 rings (SSSR count). The number of ether oxygens (including phenoxy) is 1. The number of carbonyl (C=O) groups is 2. The molecule has 0 aliphatic heterocycles. The van der Waals surface area contributed by atoms with Crippen molar-refractivity contribution in [2.45, 2.75) is 32.6 Å². The molecule has 0 aromatic heterocycles. The van der Waals surface area contributed by atoms with Crippen LogP contribution in [-0.2, 0) is 20.7 Å². The van der Waals surface area contributed by atoms with E-state index < -0.39 is 48.1 Å². The van der Waals surface area contributed by atoms with Gasteiger partial charge in [-0.15, -0.1) is 0 Å². The summed E-state index contributed by atoms with van der Waals surface area (Å²) < 4.78 is 44.3. The van der Waals surface area contributed by atoms with Gasteiger partial charge in [-0.25, -0.2) is 13.2 Å². The van der Waals surface area contributed by atoms with Crippen LogP contribution in [0.15, 0.2) is 12.1 Å². The predicted octanol–water partition coefficient (Wildman–Crippen LogP) is 3.08. The summed E-state index contributed by atoms with van der Waals surface area (Å²) in [5.74, 6) is -7.00. The third kappa shape index (κ3) is 5.38. The first-order valence-corrected chi connectivity index (χ1v) is 6.87. The lowest BCUT2D eigenvalue weighted by Gasteiger charge is -2.13. The molecule has 0 heterocycles. The van der Waals surface area contributed by atoms with E-state index in [0.717, 1.165) is 6.42 Å². The highest BCUT2D eigenvalue weighted by molar-refractivity contribution is 5.79. The number of rotatable bonds is 8. The van der Waals surface area contributed by atoms with E-state index >= 15 is 0 Å². The lowest BCUT2D eigenvalue weighted by atomic mass is 9.96. The van der Waals surface area contributed by atoms with Gasteiger partial charge in [-0.1, -0.05) is 13.3 Å². The summed E-state index contributed by atoms with van der Waals surface area (Å²) in [5.41, 5.74) is -0.298. The minimum atomic E-state index is -1.35. The van der Waals surface area contributed by atoms with E-state index in [-0.39, 0.29) is 12.2 Å². The van der Waals surface area contributed by atoms with Crippen molar-refractivity contribution in [3.05, 3.63) is 35.1 Å². The largest absolute Gasteiger partial charge is 0.481 e. The van der Waals surface area contributed by atoms with E-state index in [2.05, 4.69) is 0 Å². The van der Waals surface area contributed by atoms with Crippen LogP contribution >= 0.6 is 0 Å². The molecule has 0 bridgehead atoms. The number of carbonyl (C=O) groups excluding carboxylic acids is 1. The molecule has 1 N–H and O–H groups in total. The standard InChI is InChI=1S/C15H17F3O4/c1-2-3-4-22-14(19)7-10(15(20)21)5-9-6-12(17)13(18)8-11(9)16/h6,8,10H,2-5,7H2,1H3,(H,20,21)/t10-/m1/s1. The molecule has 0 spiro atoms. The molecule has 1 aromatic carbocycles. The third-order valence-electron chi connectivity index (χ3n) is 3.08. The Kier molecular flexibility index (Phi) is 6.88. The van der Waals surface area contributed by atoms with Crippen LogP contribution in [0.1, 0.15) is 31.7 Å². The van der Waals surface area contributed by atoms with Gasteiger partial charge in [0.15, 0.2) is 11.6 Å². The number of esters is 1. The van der Waals surface area contributed by atoms with Gasteiger partial charge in [0.25, 0.3) is 0 Å². The van der Waals surface area contributed by atoms with E-state index in [1.54, 1.807) is 0 Å². The highest BCUT2D eigenvalue weighted by Crippen LogP contribution is 2.19. The summed E-state index contributed by atoms with van der Waals surface area (Å²) in [5, 5.41) is 9.07. The van der Waals surface area contributed by atoms with Crippen LogP contribution < -0.4 is 0 Å². The van der Waals surface area contributed by atoms with Crippen molar-refractivity contribution in [1.82, 2.24) is 0 Å². The number of hydrogen-bond acceptors (Lipinski definition) is 3. The zero-order valence-corrected chi connectivity index (χ0v) is 12.1. The number of unbranched alkanes of at least 4 members (excludes halogenated alkanes) is 1.